The van der Waals surface area contributed by atoms with Crippen molar-refractivity contribution in [2.24, 2.45) is 0 Å². The Morgan fingerprint density at radius 3 is 2.54 bits per heavy atom. The normalized spacial score (nSPS) is 14.5. The standard InChI is InChI=1S/C23H27ClN6O2S.C4H10O2/c1-15-4-3-5-18(24)17(15)12-19(32)20-14-25-23(33-20)28-21-13-22(27-16(2)26-21)30-8-6-29(7-9-30)10-11-31;1-2-4(6)3-5/h3-5,13-14,31H,6-12H2,1-2H3,(H,25,26,27,28);4-6H,2-3H2,1H3. The average Bonchev–Trinajstić information content (AvgIpc) is 3.39. The molecule has 0 aliphatic carbocycles. The summed E-state index contributed by atoms with van der Waals surface area (Å²) in [6.45, 7) is 9.85. The molecule has 3 aromatic rings. The molecule has 12 heteroatoms. The van der Waals surface area contributed by atoms with E-state index >= 15 is 0 Å². The minimum Gasteiger partial charge on any atom is -0.395 e. The van der Waals surface area contributed by atoms with Crippen LogP contribution in [0.25, 0.3) is 0 Å². The molecule has 0 spiro atoms. The number of aryl methyl sites for hydroxylation is 2. The molecule has 0 saturated carbocycles. The largest absolute Gasteiger partial charge is 0.395 e. The summed E-state index contributed by atoms with van der Waals surface area (Å²) in [5.41, 5.74) is 1.85. The van der Waals surface area contributed by atoms with Gasteiger partial charge in [0.1, 0.15) is 17.5 Å². The summed E-state index contributed by atoms with van der Waals surface area (Å²) in [6, 6.07) is 7.55. The van der Waals surface area contributed by atoms with E-state index in [0.29, 0.717) is 39.6 Å². The maximum Gasteiger partial charge on any atom is 0.188 e. The summed E-state index contributed by atoms with van der Waals surface area (Å²) in [5.74, 6) is 2.15. The van der Waals surface area contributed by atoms with E-state index < -0.39 is 6.10 Å². The van der Waals surface area contributed by atoms with E-state index in [1.807, 2.05) is 39.0 Å². The number of aliphatic hydroxyl groups is 3. The van der Waals surface area contributed by atoms with Crippen LogP contribution < -0.4 is 10.2 Å². The Morgan fingerprint density at radius 1 is 1.18 bits per heavy atom. The van der Waals surface area contributed by atoms with Gasteiger partial charge in [-0.2, -0.15) is 0 Å². The highest BCUT2D eigenvalue weighted by Gasteiger charge is 2.19. The lowest BCUT2D eigenvalue weighted by atomic mass is 10.0. The van der Waals surface area contributed by atoms with Crippen molar-refractivity contribution in [2.45, 2.75) is 39.7 Å². The molecule has 1 fully saturated rings. The van der Waals surface area contributed by atoms with Crippen LogP contribution in [0.1, 0.15) is 40.0 Å². The number of hydrogen-bond donors (Lipinski definition) is 4. The van der Waals surface area contributed by atoms with Crippen LogP contribution in [0.3, 0.4) is 0 Å². The van der Waals surface area contributed by atoms with Crippen molar-refractivity contribution < 1.29 is 20.1 Å². The summed E-state index contributed by atoms with van der Waals surface area (Å²) >= 11 is 7.58. The van der Waals surface area contributed by atoms with E-state index in [0.717, 1.165) is 43.1 Å². The Labute approximate surface area is 238 Å². The van der Waals surface area contributed by atoms with Crippen LogP contribution in [0.5, 0.6) is 0 Å². The highest BCUT2D eigenvalue weighted by atomic mass is 35.5. The van der Waals surface area contributed by atoms with Crippen LogP contribution in [-0.2, 0) is 6.42 Å². The number of piperazine rings is 1. The number of halogens is 1. The van der Waals surface area contributed by atoms with Crippen LogP contribution in [0.2, 0.25) is 5.02 Å². The van der Waals surface area contributed by atoms with Gasteiger partial charge in [-0.25, -0.2) is 15.0 Å². The molecule has 1 unspecified atom stereocenters. The monoisotopic (exact) mass is 576 g/mol. The average molecular weight is 577 g/mol. The van der Waals surface area contributed by atoms with Gasteiger partial charge in [0, 0.05) is 50.2 Å². The molecule has 1 atom stereocenters. The highest BCUT2D eigenvalue weighted by Crippen LogP contribution is 2.27. The smallest absolute Gasteiger partial charge is 0.188 e. The first-order valence-corrected chi connectivity index (χ1v) is 14.2. The predicted molar refractivity (Wildman–Crippen MR) is 156 cm³/mol. The number of rotatable bonds is 10. The van der Waals surface area contributed by atoms with Crippen molar-refractivity contribution in [1.29, 1.82) is 0 Å². The summed E-state index contributed by atoms with van der Waals surface area (Å²) in [6.07, 6.45) is 1.96. The van der Waals surface area contributed by atoms with E-state index in [9.17, 15) is 4.79 Å². The van der Waals surface area contributed by atoms with E-state index in [4.69, 9.17) is 26.9 Å². The van der Waals surface area contributed by atoms with Gasteiger partial charge in [-0.3, -0.25) is 9.69 Å². The van der Waals surface area contributed by atoms with Crippen molar-refractivity contribution in [3.8, 4) is 0 Å². The first-order valence-electron chi connectivity index (χ1n) is 13.0. The lowest BCUT2D eigenvalue weighted by Gasteiger charge is -2.35. The Hall–Kier alpha value is -2.67. The number of Topliss-reactive ketones (excluding diaryl/α,β-unsaturated/α-hetero) is 1. The minimum absolute atomic E-state index is 0.0166. The Bertz CT molecular complexity index is 1190. The number of carbonyl (C=O) groups excluding carboxylic acids is 1. The van der Waals surface area contributed by atoms with Crippen molar-refractivity contribution >= 4 is 45.5 Å². The molecular formula is C27H37ClN6O4S. The van der Waals surface area contributed by atoms with Crippen molar-refractivity contribution in [2.75, 3.05) is 56.2 Å². The SMILES string of the molecule is CCC(O)CO.Cc1nc(Nc2ncc(C(=O)Cc3c(C)cccc3Cl)s2)cc(N2CCN(CCO)CC2)n1. The Kier molecular flexibility index (Phi) is 12.0. The molecule has 2 aromatic heterocycles. The second-order valence-corrected chi connectivity index (χ2v) is 10.7. The van der Waals surface area contributed by atoms with Gasteiger partial charge < -0.3 is 25.5 Å². The number of benzene rings is 1. The van der Waals surface area contributed by atoms with Gasteiger partial charge in [0.15, 0.2) is 10.9 Å². The summed E-state index contributed by atoms with van der Waals surface area (Å²) in [4.78, 5) is 31.3. The van der Waals surface area contributed by atoms with Crippen LogP contribution in [0.4, 0.5) is 16.8 Å². The number of thiazole rings is 1. The van der Waals surface area contributed by atoms with Gasteiger partial charge in [-0.1, -0.05) is 42.0 Å². The fraction of sp³-hybridized carbons (Fsp3) is 0.481. The van der Waals surface area contributed by atoms with Crippen LogP contribution in [0, 0.1) is 13.8 Å². The lowest BCUT2D eigenvalue weighted by molar-refractivity contribution is 0.0923. The number of aliphatic hydroxyl groups excluding tert-OH is 3. The summed E-state index contributed by atoms with van der Waals surface area (Å²) in [5, 5.41) is 30.1. The minimum atomic E-state index is -0.509. The molecule has 0 radical (unpaired) electrons. The molecule has 1 saturated heterocycles. The first-order chi connectivity index (χ1) is 18.7. The number of nitrogens with one attached hydrogen (secondary N) is 1. The molecule has 4 rings (SSSR count). The molecule has 1 aliphatic heterocycles. The molecule has 39 heavy (non-hydrogen) atoms. The molecular weight excluding hydrogens is 540 g/mol. The molecule has 0 amide bonds. The zero-order valence-corrected chi connectivity index (χ0v) is 24.2. The van der Waals surface area contributed by atoms with Gasteiger partial charge in [-0.05, 0) is 37.5 Å². The number of anilines is 3. The zero-order chi connectivity index (χ0) is 28.4. The first kappa shape index (κ1) is 30.9. The Balaban J connectivity index is 0.000000631. The summed E-state index contributed by atoms with van der Waals surface area (Å²) < 4.78 is 0. The van der Waals surface area contributed by atoms with Crippen molar-refractivity contribution in [3.63, 3.8) is 0 Å². The third-order valence-electron chi connectivity index (χ3n) is 6.32. The van der Waals surface area contributed by atoms with Gasteiger partial charge in [0.2, 0.25) is 0 Å². The second kappa shape index (κ2) is 15.2. The molecule has 1 aromatic carbocycles. The van der Waals surface area contributed by atoms with Gasteiger partial charge >= 0.3 is 0 Å². The summed E-state index contributed by atoms with van der Waals surface area (Å²) in [7, 11) is 0. The number of ketones is 1. The Morgan fingerprint density at radius 2 is 1.92 bits per heavy atom. The van der Waals surface area contributed by atoms with Gasteiger partial charge in [-0.15, -0.1) is 0 Å². The van der Waals surface area contributed by atoms with Crippen LogP contribution >= 0.6 is 22.9 Å². The maximum absolute atomic E-state index is 12.8. The molecule has 10 nitrogen and oxygen atoms in total. The van der Waals surface area contributed by atoms with Crippen LogP contribution in [-0.4, -0.2) is 93.0 Å². The van der Waals surface area contributed by atoms with Crippen molar-refractivity contribution in [1.82, 2.24) is 19.9 Å². The third kappa shape index (κ3) is 9.20. The number of hydrogen-bond acceptors (Lipinski definition) is 11. The fourth-order valence-corrected chi connectivity index (χ4v) is 5.01. The topological polar surface area (TPSA) is 135 Å². The zero-order valence-electron chi connectivity index (χ0n) is 22.6. The molecule has 1 aliphatic rings. The molecule has 3 heterocycles. The van der Waals surface area contributed by atoms with Crippen LogP contribution in [0.15, 0.2) is 30.5 Å². The number of carbonyl (C=O) groups is 1. The van der Waals surface area contributed by atoms with Gasteiger partial charge in [0.05, 0.1) is 30.4 Å². The van der Waals surface area contributed by atoms with Gasteiger partial charge in [0.25, 0.3) is 0 Å². The lowest BCUT2D eigenvalue weighted by Crippen LogP contribution is -2.47. The number of aromatic nitrogens is 3. The highest BCUT2D eigenvalue weighted by molar-refractivity contribution is 7.17. The number of β-amino-alcohol motifs (C(OH)–C–C–N with tert-alkyl or cyclic N) is 1. The third-order valence-corrected chi connectivity index (χ3v) is 7.63. The van der Waals surface area contributed by atoms with E-state index in [1.54, 1.807) is 12.3 Å². The molecule has 212 valence electrons. The molecule has 4 N–H and O–H groups in total. The number of nitrogens with zero attached hydrogens (tertiary/aromatic N) is 5. The quantitative estimate of drug-likeness (QED) is 0.266. The van der Waals surface area contributed by atoms with E-state index in [2.05, 4.69) is 30.1 Å². The molecule has 0 bridgehead atoms. The fourth-order valence-electron chi connectivity index (χ4n) is 3.96. The van der Waals surface area contributed by atoms with E-state index in [-0.39, 0.29) is 25.4 Å². The van der Waals surface area contributed by atoms with E-state index in [1.165, 1.54) is 11.3 Å². The maximum atomic E-state index is 12.8. The van der Waals surface area contributed by atoms with Crippen molar-refractivity contribution in [3.05, 3.63) is 57.3 Å². The predicted octanol–water partition coefficient (Wildman–Crippen LogP) is 3.24. The second-order valence-electron chi connectivity index (χ2n) is 9.25.